The van der Waals surface area contributed by atoms with Crippen molar-refractivity contribution in [1.29, 1.82) is 0 Å². The third-order valence-electron chi connectivity index (χ3n) is 1.54. The smallest absolute Gasteiger partial charge is 0.321 e. The van der Waals surface area contributed by atoms with Crippen LogP contribution in [-0.4, -0.2) is 37.3 Å². The number of aryl methyl sites for hydroxylation is 1. The van der Waals surface area contributed by atoms with Crippen molar-refractivity contribution in [2.75, 3.05) is 11.9 Å². The van der Waals surface area contributed by atoms with Gasteiger partial charge in [0.2, 0.25) is 0 Å². The number of nitrogens with one attached hydrogen (secondary N) is 2. The van der Waals surface area contributed by atoms with Gasteiger partial charge >= 0.3 is 6.01 Å². The van der Waals surface area contributed by atoms with E-state index in [2.05, 4.69) is 36.1 Å². The van der Waals surface area contributed by atoms with Crippen molar-refractivity contribution in [3.8, 4) is 0 Å². The van der Waals surface area contributed by atoms with E-state index in [4.69, 9.17) is 4.52 Å². The summed E-state index contributed by atoms with van der Waals surface area (Å²) in [5.41, 5.74) is 0. The second kappa shape index (κ2) is 3.81. The predicted molar refractivity (Wildman–Crippen MR) is 45.4 cm³/mol. The summed E-state index contributed by atoms with van der Waals surface area (Å²) in [6, 6.07) is 0.408. The van der Waals surface area contributed by atoms with Crippen LogP contribution in [0.1, 0.15) is 11.6 Å². The Hall–Kier alpha value is -1.99. The highest BCUT2D eigenvalue weighted by molar-refractivity contribution is 5.17. The van der Waals surface area contributed by atoms with Gasteiger partial charge in [-0.25, -0.2) is 0 Å². The third kappa shape index (κ3) is 2.03. The van der Waals surface area contributed by atoms with Crippen LogP contribution in [0.4, 0.5) is 6.01 Å². The zero-order valence-electron chi connectivity index (χ0n) is 7.56. The fourth-order valence-corrected chi connectivity index (χ4v) is 0.939. The van der Waals surface area contributed by atoms with Crippen molar-refractivity contribution in [3.63, 3.8) is 0 Å². The molecule has 2 heterocycles. The number of rotatable bonds is 4. The van der Waals surface area contributed by atoms with Gasteiger partial charge in [-0.3, -0.25) is 0 Å². The normalized spacial score (nSPS) is 10.4. The number of anilines is 1. The summed E-state index contributed by atoms with van der Waals surface area (Å²) >= 11 is 0. The van der Waals surface area contributed by atoms with Crippen LogP contribution in [0.3, 0.4) is 0 Å². The van der Waals surface area contributed by atoms with E-state index < -0.39 is 0 Å². The molecule has 0 radical (unpaired) electrons. The van der Waals surface area contributed by atoms with Gasteiger partial charge in [0.25, 0.3) is 0 Å². The average molecular weight is 195 g/mol. The van der Waals surface area contributed by atoms with Gasteiger partial charge in [0.15, 0.2) is 11.6 Å². The fraction of sp³-hybridized carbons (Fsp3) is 0.500. The van der Waals surface area contributed by atoms with Gasteiger partial charge in [0.05, 0.1) is 0 Å². The summed E-state index contributed by atoms with van der Waals surface area (Å²) < 4.78 is 4.85. The SMILES string of the molecule is Cc1noc(NCCc2nn[nH]n2)n1. The maximum atomic E-state index is 4.85. The molecule has 0 saturated carbocycles. The first-order chi connectivity index (χ1) is 6.84. The summed E-state index contributed by atoms with van der Waals surface area (Å²) in [5, 5.41) is 20.0. The molecule has 0 aliphatic carbocycles. The molecule has 0 amide bonds. The van der Waals surface area contributed by atoms with Gasteiger partial charge in [-0.1, -0.05) is 10.4 Å². The molecule has 2 aromatic heterocycles. The van der Waals surface area contributed by atoms with Crippen LogP contribution in [0.5, 0.6) is 0 Å². The minimum absolute atomic E-state index is 0.408. The van der Waals surface area contributed by atoms with Gasteiger partial charge in [-0.2, -0.15) is 10.2 Å². The summed E-state index contributed by atoms with van der Waals surface area (Å²) in [6.07, 6.45) is 0.651. The zero-order chi connectivity index (χ0) is 9.80. The first-order valence-corrected chi connectivity index (χ1v) is 4.11. The Labute approximate surface area is 79.1 Å². The van der Waals surface area contributed by atoms with Gasteiger partial charge in [0.1, 0.15) is 0 Å². The molecule has 0 aliphatic rings. The lowest BCUT2D eigenvalue weighted by Crippen LogP contribution is -2.06. The summed E-state index contributed by atoms with van der Waals surface area (Å²) in [7, 11) is 0. The molecule has 0 atom stereocenters. The molecule has 0 aromatic carbocycles. The highest BCUT2D eigenvalue weighted by atomic mass is 16.5. The molecule has 2 N–H and O–H groups in total. The quantitative estimate of drug-likeness (QED) is 0.680. The zero-order valence-corrected chi connectivity index (χ0v) is 7.56. The average Bonchev–Trinajstić information content (AvgIpc) is 2.77. The van der Waals surface area contributed by atoms with Crippen LogP contribution < -0.4 is 5.32 Å². The lowest BCUT2D eigenvalue weighted by Gasteiger charge is -1.95. The van der Waals surface area contributed by atoms with Crippen molar-refractivity contribution in [2.45, 2.75) is 13.3 Å². The Bertz CT molecular complexity index is 381. The van der Waals surface area contributed by atoms with Crippen molar-refractivity contribution < 1.29 is 4.52 Å². The third-order valence-corrected chi connectivity index (χ3v) is 1.54. The first-order valence-electron chi connectivity index (χ1n) is 4.11. The van der Waals surface area contributed by atoms with Crippen molar-refractivity contribution in [2.24, 2.45) is 0 Å². The maximum Gasteiger partial charge on any atom is 0.321 e. The summed E-state index contributed by atoms with van der Waals surface area (Å²) in [6.45, 7) is 2.38. The van der Waals surface area contributed by atoms with E-state index in [0.717, 1.165) is 0 Å². The molecular formula is C6H9N7O. The number of aromatic amines is 1. The molecule has 2 aromatic rings. The molecule has 0 aliphatic heterocycles. The Morgan fingerprint density at radius 3 is 3.07 bits per heavy atom. The second-order valence-corrected chi connectivity index (χ2v) is 2.65. The van der Waals surface area contributed by atoms with E-state index in [9.17, 15) is 0 Å². The number of hydrogen-bond donors (Lipinski definition) is 2. The number of aromatic nitrogens is 6. The van der Waals surface area contributed by atoms with Crippen LogP contribution in [0, 0.1) is 6.92 Å². The first kappa shape index (κ1) is 8.60. The molecule has 74 valence electrons. The Morgan fingerprint density at radius 1 is 1.50 bits per heavy atom. The number of nitrogens with zero attached hydrogens (tertiary/aromatic N) is 5. The monoisotopic (exact) mass is 195 g/mol. The van der Waals surface area contributed by atoms with Crippen LogP contribution in [0.15, 0.2) is 4.52 Å². The number of tetrazole rings is 1. The maximum absolute atomic E-state index is 4.85. The number of H-pyrrole nitrogens is 1. The fourth-order valence-electron chi connectivity index (χ4n) is 0.939. The lowest BCUT2D eigenvalue weighted by atomic mass is 10.4. The molecule has 8 nitrogen and oxygen atoms in total. The van der Waals surface area contributed by atoms with Crippen molar-refractivity contribution >= 4 is 6.01 Å². The Morgan fingerprint density at radius 2 is 2.43 bits per heavy atom. The van der Waals surface area contributed by atoms with Gasteiger partial charge in [0, 0.05) is 13.0 Å². The van der Waals surface area contributed by atoms with E-state index >= 15 is 0 Å². The molecule has 14 heavy (non-hydrogen) atoms. The highest BCUT2D eigenvalue weighted by Gasteiger charge is 2.02. The Balaban J connectivity index is 1.78. The minimum atomic E-state index is 0.408. The van der Waals surface area contributed by atoms with Gasteiger partial charge in [-0.05, 0) is 6.92 Å². The standard InChI is InChI=1S/C6H9N7O/c1-4-8-6(14-11-4)7-3-2-5-9-12-13-10-5/h2-3H2,1H3,(H,7,8,11)(H,9,10,12,13). The van der Waals surface area contributed by atoms with Crippen LogP contribution in [0.2, 0.25) is 0 Å². The van der Waals surface area contributed by atoms with Gasteiger partial charge in [-0.15, -0.1) is 10.2 Å². The minimum Gasteiger partial charge on any atom is -0.337 e. The molecule has 0 spiro atoms. The molecular weight excluding hydrogens is 186 g/mol. The van der Waals surface area contributed by atoms with Crippen LogP contribution in [0.25, 0.3) is 0 Å². The molecule has 0 unspecified atom stereocenters. The van der Waals surface area contributed by atoms with E-state index in [0.29, 0.717) is 30.6 Å². The molecule has 2 rings (SSSR count). The largest absolute Gasteiger partial charge is 0.337 e. The summed E-state index contributed by atoms with van der Waals surface area (Å²) in [5.74, 6) is 1.25. The topological polar surface area (TPSA) is 105 Å². The highest BCUT2D eigenvalue weighted by Crippen LogP contribution is 2.01. The van der Waals surface area contributed by atoms with E-state index in [-0.39, 0.29) is 0 Å². The van der Waals surface area contributed by atoms with Crippen molar-refractivity contribution in [3.05, 3.63) is 11.6 Å². The van der Waals surface area contributed by atoms with E-state index in [1.807, 2.05) is 0 Å². The molecule has 0 saturated heterocycles. The second-order valence-electron chi connectivity index (χ2n) is 2.65. The predicted octanol–water partition coefficient (Wildman–Crippen LogP) is -0.454. The molecule has 8 heteroatoms. The van der Waals surface area contributed by atoms with E-state index in [1.165, 1.54) is 0 Å². The summed E-state index contributed by atoms with van der Waals surface area (Å²) in [4.78, 5) is 3.98. The number of hydrogen-bond acceptors (Lipinski definition) is 7. The van der Waals surface area contributed by atoms with Crippen LogP contribution >= 0.6 is 0 Å². The Kier molecular flexibility index (Phi) is 2.34. The lowest BCUT2D eigenvalue weighted by molar-refractivity contribution is 0.425. The van der Waals surface area contributed by atoms with Crippen LogP contribution in [-0.2, 0) is 6.42 Å². The van der Waals surface area contributed by atoms with Crippen molar-refractivity contribution in [1.82, 2.24) is 30.8 Å². The molecule has 0 fully saturated rings. The molecule has 0 bridgehead atoms. The van der Waals surface area contributed by atoms with Gasteiger partial charge < -0.3 is 9.84 Å². The van der Waals surface area contributed by atoms with E-state index in [1.54, 1.807) is 6.92 Å².